The molecule has 3 saturated carbocycles. The molecule has 130 valence electrons. The molecule has 3 heteroatoms. The van der Waals surface area contributed by atoms with Gasteiger partial charge in [-0.05, 0) is 69.1 Å². The van der Waals surface area contributed by atoms with Crippen molar-refractivity contribution in [2.45, 2.75) is 95.9 Å². The van der Waals surface area contributed by atoms with E-state index in [1.54, 1.807) is 0 Å². The number of hydrogen-bond acceptors (Lipinski definition) is 3. The van der Waals surface area contributed by atoms with E-state index in [9.17, 15) is 4.79 Å². The minimum atomic E-state index is 0.0878. The molecule has 4 fully saturated rings. The van der Waals surface area contributed by atoms with E-state index in [-0.39, 0.29) is 18.0 Å². The number of esters is 1. The average Bonchev–Trinajstić information content (AvgIpc) is 3.34. The fourth-order valence-electron chi connectivity index (χ4n) is 5.32. The van der Waals surface area contributed by atoms with Crippen LogP contribution >= 0.6 is 0 Å². The molecule has 0 aromatic heterocycles. The second-order valence-electron chi connectivity index (χ2n) is 8.72. The average molecular weight is 320 g/mol. The van der Waals surface area contributed by atoms with E-state index in [1.807, 2.05) is 0 Å². The second kappa shape index (κ2) is 6.74. The number of carbonyl (C=O) groups excluding carboxylic acids is 1. The van der Waals surface area contributed by atoms with Gasteiger partial charge in [0.2, 0.25) is 0 Å². The quantitative estimate of drug-likeness (QED) is 0.568. The van der Waals surface area contributed by atoms with Crippen molar-refractivity contribution in [1.29, 1.82) is 0 Å². The molecule has 4 aliphatic rings. The van der Waals surface area contributed by atoms with Gasteiger partial charge in [0, 0.05) is 6.42 Å². The van der Waals surface area contributed by atoms with Crippen molar-refractivity contribution in [3.8, 4) is 0 Å². The number of fused-ring (bicyclic) bond motifs is 1. The van der Waals surface area contributed by atoms with Gasteiger partial charge >= 0.3 is 5.97 Å². The van der Waals surface area contributed by atoms with Gasteiger partial charge in [0.1, 0.15) is 6.10 Å². The Morgan fingerprint density at radius 3 is 2.13 bits per heavy atom. The zero-order valence-corrected chi connectivity index (χ0v) is 14.5. The molecule has 3 aliphatic carbocycles. The minimum absolute atomic E-state index is 0.0878. The summed E-state index contributed by atoms with van der Waals surface area (Å²) in [5, 5.41) is 0. The van der Waals surface area contributed by atoms with Crippen LogP contribution in [0.5, 0.6) is 0 Å². The zero-order valence-electron chi connectivity index (χ0n) is 14.5. The molecule has 0 spiro atoms. The first-order chi connectivity index (χ1) is 11.2. The first-order valence-corrected chi connectivity index (χ1v) is 10.0. The van der Waals surface area contributed by atoms with Crippen LogP contribution in [0.3, 0.4) is 0 Å². The van der Waals surface area contributed by atoms with Gasteiger partial charge < -0.3 is 9.47 Å². The summed E-state index contributed by atoms with van der Waals surface area (Å²) in [7, 11) is 0. The first-order valence-electron chi connectivity index (χ1n) is 10.0. The SMILES string of the molecule is CC1CCC(C2CCC(C(=O)OC3CCC4OC4C3)CC2)CC1. The summed E-state index contributed by atoms with van der Waals surface area (Å²) in [6.45, 7) is 2.39. The molecular weight excluding hydrogens is 288 g/mol. The minimum Gasteiger partial charge on any atom is -0.462 e. The van der Waals surface area contributed by atoms with Crippen LogP contribution in [-0.4, -0.2) is 24.3 Å². The van der Waals surface area contributed by atoms with Gasteiger partial charge in [0.25, 0.3) is 0 Å². The highest BCUT2D eigenvalue weighted by molar-refractivity contribution is 5.72. The standard InChI is InChI=1S/C20H32O3/c1-13-2-4-14(5-3-13)15-6-8-16(9-7-15)20(21)22-17-10-11-18-19(12-17)23-18/h13-19H,2-12H2,1H3. The van der Waals surface area contributed by atoms with Crippen molar-refractivity contribution in [2.24, 2.45) is 23.7 Å². The lowest BCUT2D eigenvalue weighted by Crippen LogP contribution is -2.32. The Labute approximate surface area is 140 Å². The molecule has 3 unspecified atom stereocenters. The van der Waals surface area contributed by atoms with E-state index in [0.29, 0.717) is 12.2 Å². The predicted molar refractivity (Wildman–Crippen MR) is 89.0 cm³/mol. The summed E-state index contributed by atoms with van der Waals surface area (Å²) in [4.78, 5) is 12.4. The van der Waals surface area contributed by atoms with E-state index in [1.165, 1.54) is 38.5 Å². The lowest BCUT2D eigenvalue weighted by atomic mass is 9.69. The maximum Gasteiger partial charge on any atom is 0.309 e. The van der Waals surface area contributed by atoms with Gasteiger partial charge in [-0.3, -0.25) is 4.79 Å². The fraction of sp³-hybridized carbons (Fsp3) is 0.950. The van der Waals surface area contributed by atoms with Crippen molar-refractivity contribution >= 4 is 5.97 Å². The van der Waals surface area contributed by atoms with Crippen LogP contribution < -0.4 is 0 Å². The van der Waals surface area contributed by atoms with Crippen LogP contribution in [0.4, 0.5) is 0 Å². The number of rotatable bonds is 3. The third-order valence-electron chi connectivity index (χ3n) is 7.07. The van der Waals surface area contributed by atoms with Crippen LogP contribution in [0.15, 0.2) is 0 Å². The molecule has 23 heavy (non-hydrogen) atoms. The summed E-state index contributed by atoms with van der Waals surface area (Å²) in [6.07, 6.45) is 14.3. The number of epoxide rings is 1. The van der Waals surface area contributed by atoms with E-state index >= 15 is 0 Å². The summed E-state index contributed by atoms with van der Waals surface area (Å²) in [5.74, 6) is 3.01. The maximum atomic E-state index is 12.4. The van der Waals surface area contributed by atoms with E-state index in [4.69, 9.17) is 9.47 Å². The molecule has 1 aliphatic heterocycles. The Balaban J connectivity index is 1.20. The lowest BCUT2D eigenvalue weighted by molar-refractivity contribution is -0.156. The molecule has 3 nitrogen and oxygen atoms in total. The van der Waals surface area contributed by atoms with Gasteiger partial charge in [-0.15, -0.1) is 0 Å². The molecule has 4 rings (SSSR count). The summed E-state index contributed by atoms with van der Waals surface area (Å²) in [6, 6.07) is 0. The van der Waals surface area contributed by atoms with Crippen molar-refractivity contribution in [2.75, 3.05) is 0 Å². The van der Waals surface area contributed by atoms with Crippen LogP contribution in [0.25, 0.3) is 0 Å². The molecule has 0 aromatic carbocycles. The molecule has 0 bridgehead atoms. The topological polar surface area (TPSA) is 38.8 Å². The monoisotopic (exact) mass is 320 g/mol. The number of carbonyl (C=O) groups is 1. The molecule has 0 N–H and O–H groups in total. The van der Waals surface area contributed by atoms with E-state index in [0.717, 1.165) is 49.9 Å². The normalized spacial score (nSPS) is 46.7. The molecule has 1 saturated heterocycles. The predicted octanol–water partition coefficient (Wildman–Crippen LogP) is 4.48. The van der Waals surface area contributed by atoms with Gasteiger partial charge in [-0.1, -0.05) is 19.8 Å². The summed E-state index contributed by atoms with van der Waals surface area (Å²) >= 11 is 0. The van der Waals surface area contributed by atoms with Gasteiger partial charge in [-0.25, -0.2) is 0 Å². The number of ether oxygens (including phenoxy) is 2. The summed E-state index contributed by atoms with van der Waals surface area (Å²) in [5.41, 5.74) is 0. The van der Waals surface area contributed by atoms with Crippen molar-refractivity contribution in [1.82, 2.24) is 0 Å². The molecule has 0 aromatic rings. The van der Waals surface area contributed by atoms with Crippen molar-refractivity contribution < 1.29 is 14.3 Å². The van der Waals surface area contributed by atoms with E-state index < -0.39 is 0 Å². The van der Waals surface area contributed by atoms with Crippen LogP contribution in [-0.2, 0) is 14.3 Å². The summed E-state index contributed by atoms with van der Waals surface area (Å²) < 4.78 is 11.3. The van der Waals surface area contributed by atoms with Crippen LogP contribution in [0, 0.1) is 23.7 Å². The van der Waals surface area contributed by atoms with Gasteiger partial charge in [-0.2, -0.15) is 0 Å². The van der Waals surface area contributed by atoms with Crippen molar-refractivity contribution in [3.63, 3.8) is 0 Å². The second-order valence-corrected chi connectivity index (χ2v) is 8.72. The van der Waals surface area contributed by atoms with Gasteiger partial charge in [0.15, 0.2) is 0 Å². The Bertz CT molecular complexity index is 419. The molecular formula is C20H32O3. The molecule has 3 atom stereocenters. The van der Waals surface area contributed by atoms with E-state index in [2.05, 4.69) is 6.92 Å². The Kier molecular flexibility index (Phi) is 4.67. The van der Waals surface area contributed by atoms with Crippen LogP contribution in [0.1, 0.15) is 77.6 Å². The Hall–Kier alpha value is -0.570. The van der Waals surface area contributed by atoms with Crippen LogP contribution in [0.2, 0.25) is 0 Å². The highest BCUT2D eigenvalue weighted by Gasteiger charge is 2.45. The third-order valence-corrected chi connectivity index (χ3v) is 7.07. The number of hydrogen-bond donors (Lipinski definition) is 0. The van der Waals surface area contributed by atoms with Gasteiger partial charge in [0.05, 0.1) is 18.1 Å². The third kappa shape index (κ3) is 3.75. The molecule has 0 radical (unpaired) electrons. The van der Waals surface area contributed by atoms with Crippen molar-refractivity contribution in [3.05, 3.63) is 0 Å². The Morgan fingerprint density at radius 1 is 0.826 bits per heavy atom. The smallest absolute Gasteiger partial charge is 0.309 e. The largest absolute Gasteiger partial charge is 0.462 e. The lowest BCUT2D eigenvalue weighted by Gasteiger charge is -2.37. The Morgan fingerprint density at radius 2 is 1.48 bits per heavy atom. The molecule has 0 amide bonds. The first kappa shape index (κ1) is 15.9. The zero-order chi connectivity index (χ0) is 15.8. The maximum absolute atomic E-state index is 12.4. The highest BCUT2D eigenvalue weighted by Crippen LogP contribution is 2.42. The molecule has 1 heterocycles. The highest BCUT2D eigenvalue weighted by atomic mass is 16.6. The fourth-order valence-corrected chi connectivity index (χ4v) is 5.32.